The van der Waals surface area contributed by atoms with Gasteiger partial charge >= 0.3 is 11.9 Å². The molecule has 1 aliphatic rings. The summed E-state index contributed by atoms with van der Waals surface area (Å²) >= 11 is 5.86. The summed E-state index contributed by atoms with van der Waals surface area (Å²) in [6.45, 7) is 2.98. The lowest BCUT2D eigenvalue weighted by Gasteiger charge is -2.36. The molecular weight excluding hydrogens is 448 g/mol. The van der Waals surface area contributed by atoms with E-state index in [4.69, 9.17) is 25.8 Å². The fourth-order valence-corrected chi connectivity index (χ4v) is 3.86. The van der Waals surface area contributed by atoms with E-state index in [0.29, 0.717) is 54.9 Å². The van der Waals surface area contributed by atoms with E-state index in [0.717, 1.165) is 6.54 Å². The topological polar surface area (TPSA) is 88.5 Å². The van der Waals surface area contributed by atoms with E-state index in [2.05, 4.69) is 4.90 Å². The molecule has 1 fully saturated rings. The molecule has 0 amide bonds. The molecule has 0 unspecified atom stereocenters. The molecule has 1 N–H and O–H groups in total. The molecule has 176 valence electrons. The molecule has 0 aromatic heterocycles. The zero-order chi connectivity index (χ0) is 23.8. The van der Waals surface area contributed by atoms with E-state index in [-0.39, 0.29) is 11.3 Å². The fraction of sp³-hybridized carbons (Fsp3) is 0.333. The number of aliphatic carboxylic acids is 1. The lowest BCUT2D eigenvalue weighted by atomic mass is 10.0. The van der Waals surface area contributed by atoms with Gasteiger partial charge in [-0.3, -0.25) is 4.90 Å². The summed E-state index contributed by atoms with van der Waals surface area (Å²) in [5.41, 5.74) is 0.268. The summed E-state index contributed by atoms with van der Waals surface area (Å²) in [5.74, 6) is 0.0442. The van der Waals surface area contributed by atoms with E-state index >= 15 is 0 Å². The summed E-state index contributed by atoms with van der Waals surface area (Å²) in [6, 6.07) is 13.1. The third-order valence-corrected chi connectivity index (χ3v) is 5.55. The molecule has 3 rings (SSSR count). The summed E-state index contributed by atoms with van der Waals surface area (Å²) in [6.07, 6.45) is 0. The van der Waals surface area contributed by atoms with Crippen molar-refractivity contribution in [3.8, 4) is 17.2 Å². The second kappa shape index (κ2) is 11.6. The van der Waals surface area contributed by atoms with E-state index in [9.17, 15) is 14.7 Å². The van der Waals surface area contributed by atoms with Crippen molar-refractivity contribution in [1.82, 2.24) is 9.80 Å². The second-order valence-electron chi connectivity index (χ2n) is 7.34. The molecule has 0 spiro atoms. The fourth-order valence-electron chi connectivity index (χ4n) is 3.62. The Balaban J connectivity index is 1.99. The third kappa shape index (κ3) is 6.18. The Morgan fingerprint density at radius 2 is 1.39 bits per heavy atom. The second-order valence-corrected chi connectivity index (χ2v) is 7.72. The van der Waals surface area contributed by atoms with Crippen LogP contribution in [0.1, 0.15) is 5.56 Å². The van der Waals surface area contributed by atoms with Gasteiger partial charge in [-0.15, -0.1) is 11.6 Å². The first-order chi connectivity index (χ1) is 16.0. The van der Waals surface area contributed by atoms with Crippen LogP contribution in [0.3, 0.4) is 0 Å². The van der Waals surface area contributed by atoms with Gasteiger partial charge in [0.05, 0.1) is 19.8 Å². The average Bonchev–Trinajstić information content (AvgIpc) is 2.83. The molecule has 33 heavy (non-hydrogen) atoms. The first kappa shape index (κ1) is 24.4. The number of nitrogens with zero attached hydrogens (tertiary/aromatic N) is 2. The summed E-state index contributed by atoms with van der Waals surface area (Å²) in [7, 11) is 3.07. The molecule has 0 radical (unpaired) electrons. The van der Waals surface area contributed by atoms with Crippen LogP contribution in [0.15, 0.2) is 54.2 Å². The van der Waals surface area contributed by atoms with Crippen LogP contribution in [0.5, 0.6) is 17.2 Å². The van der Waals surface area contributed by atoms with Gasteiger partial charge in [0.1, 0.15) is 22.9 Å². The number of benzene rings is 2. The minimum atomic E-state index is -1.22. The lowest BCUT2D eigenvalue weighted by Crippen LogP contribution is -2.48. The third-order valence-electron chi connectivity index (χ3n) is 5.38. The van der Waals surface area contributed by atoms with Gasteiger partial charge in [-0.05, 0) is 42.0 Å². The Morgan fingerprint density at radius 3 is 1.88 bits per heavy atom. The van der Waals surface area contributed by atoms with Gasteiger partial charge in [-0.1, -0.05) is 12.1 Å². The number of methoxy groups -OCH3 is 2. The molecule has 2 aromatic carbocycles. The van der Waals surface area contributed by atoms with Gasteiger partial charge in [-0.2, -0.15) is 0 Å². The molecule has 0 saturated carbocycles. The Bertz CT molecular complexity index is 983. The zero-order valence-corrected chi connectivity index (χ0v) is 19.4. The quantitative estimate of drug-likeness (QED) is 0.257. The van der Waals surface area contributed by atoms with Crippen LogP contribution >= 0.6 is 11.6 Å². The number of hydrogen-bond acceptors (Lipinski definition) is 7. The van der Waals surface area contributed by atoms with Crippen molar-refractivity contribution in [1.29, 1.82) is 0 Å². The largest absolute Gasteiger partial charge is 0.497 e. The molecule has 0 atom stereocenters. The van der Waals surface area contributed by atoms with Gasteiger partial charge in [0.15, 0.2) is 0 Å². The van der Waals surface area contributed by atoms with Crippen LogP contribution in [0.4, 0.5) is 0 Å². The monoisotopic (exact) mass is 474 g/mol. The van der Waals surface area contributed by atoms with Crippen LogP contribution in [0.2, 0.25) is 0 Å². The van der Waals surface area contributed by atoms with Gasteiger partial charge in [0.25, 0.3) is 0 Å². The Kier molecular flexibility index (Phi) is 8.57. The molecular formula is C24H27ClN2O6. The maximum absolute atomic E-state index is 13.3. The Labute approximate surface area is 197 Å². The first-order valence-corrected chi connectivity index (χ1v) is 11.0. The molecule has 1 aliphatic heterocycles. The minimum absolute atomic E-state index is 0.00834. The number of carboxylic acid groups (broad SMARTS) is 1. The van der Waals surface area contributed by atoms with Crippen molar-refractivity contribution in [2.45, 2.75) is 0 Å². The van der Waals surface area contributed by atoms with Gasteiger partial charge in [-0.25, -0.2) is 9.59 Å². The Hall–Kier alpha value is -3.23. The number of carbonyl (C=O) groups is 2. The standard InChI is InChI=1S/C24H27ClN2O6/c1-31-18-5-3-17(4-6-18)21(23(28)29)22(27-15-13-26(12-11-25)14-16-27)24(30)33-20-9-7-19(32-2)8-10-20/h3-10H,11-16H2,1-2H3,(H,28,29)/b22-21+. The highest BCUT2D eigenvalue weighted by atomic mass is 35.5. The highest BCUT2D eigenvalue weighted by molar-refractivity contribution is 6.22. The number of halogens is 1. The maximum atomic E-state index is 13.3. The molecule has 2 aromatic rings. The van der Waals surface area contributed by atoms with Crippen LogP contribution in [-0.4, -0.2) is 79.7 Å². The number of piperazine rings is 1. The van der Waals surface area contributed by atoms with Crippen molar-refractivity contribution < 1.29 is 28.9 Å². The van der Waals surface area contributed by atoms with E-state index < -0.39 is 11.9 Å². The van der Waals surface area contributed by atoms with Crippen LogP contribution < -0.4 is 14.2 Å². The van der Waals surface area contributed by atoms with Crippen LogP contribution in [-0.2, 0) is 9.59 Å². The number of esters is 1. The number of carboxylic acids is 1. The number of alkyl halides is 1. The normalized spacial score (nSPS) is 14.9. The number of hydrogen-bond donors (Lipinski definition) is 1. The van der Waals surface area contributed by atoms with Gasteiger partial charge in [0, 0.05) is 38.6 Å². The molecule has 0 aliphatic carbocycles. The molecule has 9 heteroatoms. The molecule has 1 heterocycles. The van der Waals surface area contributed by atoms with Crippen molar-refractivity contribution in [2.75, 3.05) is 52.8 Å². The summed E-state index contributed by atoms with van der Waals surface area (Å²) in [5, 5.41) is 10.1. The average molecular weight is 475 g/mol. The minimum Gasteiger partial charge on any atom is -0.497 e. The van der Waals surface area contributed by atoms with Crippen molar-refractivity contribution >= 4 is 29.1 Å². The highest BCUT2D eigenvalue weighted by Gasteiger charge is 2.31. The van der Waals surface area contributed by atoms with Crippen molar-refractivity contribution in [2.24, 2.45) is 0 Å². The van der Waals surface area contributed by atoms with Crippen LogP contribution in [0, 0.1) is 0 Å². The summed E-state index contributed by atoms with van der Waals surface area (Å²) in [4.78, 5) is 29.7. The van der Waals surface area contributed by atoms with E-state index in [1.807, 2.05) is 0 Å². The first-order valence-electron chi connectivity index (χ1n) is 10.5. The Morgan fingerprint density at radius 1 is 0.879 bits per heavy atom. The highest BCUT2D eigenvalue weighted by Crippen LogP contribution is 2.27. The van der Waals surface area contributed by atoms with Gasteiger partial charge in [0.2, 0.25) is 0 Å². The molecule has 8 nitrogen and oxygen atoms in total. The maximum Gasteiger partial charge on any atom is 0.360 e. The molecule has 1 saturated heterocycles. The van der Waals surface area contributed by atoms with E-state index in [1.54, 1.807) is 60.5 Å². The predicted molar refractivity (Wildman–Crippen MR) is 125 cm³/mol. The number of carbonyl (C=O) groups excluding carboxylic acids is 1. The number of ether oxygens (including phenoxy) is 3. The lowest BCUT2D eigenvalue weighted by molar-refractivity contribution is -0.134. The van der Waals surface area contributed by atoms with Gasteiger partial charge < -0.3 is 24.2 Å². The smallest absolute Gasteiger partial charge is 0.360 e. The zero-order valence-electron chi connectivity index (χ0n) is 18.6. The molecule has 0 bridgehead atoms. The predicted octanol–water partition coefficient (Wildman–Crippen LogP) is 2.96. The summed E-state index contributed by atoms with van der Waals surface area (Å²) < 4.78 is 15.9. The van der Waals surface area contributed by atoms with Crippen molar-refractivity contribution in [3.63, 3.8) is 0 Å². The van der Waals surface area contributed by atoms with Crippen molar-refractivity contribution in [3.05, 3.63) is 59.8 Å². The number of rotatable bonds is 9. The SMILES string of the molecule is COc1ccc(OC(=O)/C(=C(\C(=O)O)c2ccc(OC)cc2)N2CCN(CCCl)CC2)cc1. The van der Waals surface area contributed by atoms with Crippen LogP contribution in [0.25, 0.3) is 5.57 Å². The van der Waals surface area contributed by atoms with E-state index in [1.165, 1.54) is 7.11 Å².